The van der Waals surface area contributed by atoms with Crippen LogP contribution in [0.25, 0.3) is 16.6 Å². The lowest BCUT2D eigenvalue weighted by Crippen LogP contribution is -2.32. The molecule has 158 valence electrons. The number of halogens is 3. The van der Waals surface area contributed by atoms with E-state index >= 15 is 0 Å². The summed E-state index contributed by atoms with van der Waals surface area (Å²) in [5.41, 5.74) is 7.57. The zero-order valence-electron chi connectivity index (χ0n) is 16.1. The number of aromatic nitrogens is 4. The first-order valence-corrected chi connectivity index (χ1v) is 9.22. The molecule has 0 saturated carbocycles. The first kappa shape index (κ1) is 19.1. The molecule has 0 fully saturated rings. The summed E-state index contributed by atoms with van der Waals surface area (Å²) in [4.78, 5) is 26.9. The van der Waals surface area contributed by atoms with Crippen molar-refractivity contribution in [2.45, 2.75) is 12.2 Å². The number of anilines is 1. The Labute approximate surface area is 173 Å². The van der Waals surface area contributed by atoms with Gasteiger partial charge in [-0.3, -0.25) is 14.2 Å². The molecule has 0 saturated heterocycles. The van der Waals surface area contributed by atoms with Gasteiger partial charge in [-0.1, -0.05) is 0 Å². The summed E-state index contributed by atoms with van der Waals surface area (Å²) in [6.45, 7) is 0.0172. The second kappa shape index (κ2) is 6.56. The number of nitrogen functional groups attached to an aromatic ring is 1. The van der Waals surface area contributed by atoms with Crippen LogP contribution < -0.4 is 10.5 Å². The quantitative estimate of drug-likeness (QED) is 0.527. The number of nitrogens with two attached hydrogens (primary N) is 1. The molecule has 1 aromatic carbocycles. The van der Waals surface area contributed by atoms with Gasteiger partial charge in [-0.05, 0) is 24.3 Å². The number of imidazole rings is 1. The molecule has 0 radical (unpaired) electrons. The van der Waals surface area contributed by atoms with E-state index in [0.717, 1.165) is 12.3 Å². The van der Waals surface area contributed by atoms with E-state index < -0.39 is 17.8 Å². The number of fused-ring (bicyclic) bond motifs is 4. The van der Waals surface area contributed by atoms with Crippen molar-refractivity contribution in [2.75, 3.05) is 19.4 Å². The van der Waals surface area contributed by atoms with Crippen LogP contribution in [-0.2, 0) is 6.18 Å². The summed E-state index contributed by atoms with van der Waals surface area (Å²) in [7, 11) is 1.56. The van der Waals surface area contributed by atoms with Crippen LogP contribution >= 0.6 is 0 Å². The molecule has 0 unspecified atom stereocenters. The molecule has 4 heterocycles. The van der Waals surface area contributed by atoms with Crippen molar-refractivity contribution in [2.24, 2.45) is 0 Å². The Morgan fingerprint density at radius 2 is 2.06 bits per heavy atom. The molecule has 11 heteroatoms. The smallest absolute Gasteiger partial charge is 0.418 e. The molecule has 4 aromatic rings. The van der Waals surface area contributed by atoms with Gasteiger partial charge in [-0.15, -0.1) is 0 Å². The van der Waals surface area contributed by atoms with Crippen molar-refractivity contribution < 1.29 is 22.7 Å². The highest BCUT2D eigenvalue weighted by Gasteiger charge is 2.37. The minimum atomic E-state index is -4.52. The predicted octanol–water partition coefficient (Wildman–Crippen LogP) is 3.08. The molecule has 31 heavy (non-hydrogen) atoms. The van der Waals surface area contributed by atoms with Crippen LogP contribution in [0.3, 0.4) is 0 Å². The summed E-state index contributed by atoms with van der Waals surface area (Å²) in [5.74, 6) is 0.0122. The van der Waals surface area contributed by atoms with Gasteiger partial charge < -0.3 is 15.4 Å². The topological polar surface area (TPSA) is 98.6 Å². The molecule has 1 atom stereocenters. The first-order valence-electron chi connectivity index (χ1n) is 9.22. The number of benzene rings is 1. The van der Waals surface area contributed by atoms with Gasteiger partial charge in [-0.25, -0.2) is 9.97 Å². The second-order valence-corrected chi connectivity index (χ2v) is 7.20. The fraction of sp³-hybridized carbons (Fsp3) is 0.200. The lowest BCUT2D eigenvalue weighted by Gasteiger charge is -2.23. The minimum absolute atomic E-state index is 0.0172. The van der Waals surface area contributed by atoms with Crippen molar-refractivity contribution >= 4 is 28.3 Å². The summed E-state index contributed by atoms with van der Waals surface area (Å²) in [6, 6.07) is 5.26. The van der Waals surface area contributed by atoms with Gasteiger partial charge in [-0.2, -0.15) is 13.2 Å². The van der Waals surface area contributed by atoms with Crippen molar-refractivity contribution in [1.29, 1.82) is 0 Å². The normalized spacial score (nSPS) is 15.8. The van der Waals surface area contributed by atoms with Crippen LogP contribution in [0.15, 0.2) is 43.0 Å². The molecule has 5 rings (SSSR count). The molecule has 8 nitrogen and oxygen atoms in total. The Morgan fingerprint density at radius 1 is 1.26 bits per heavy atom. The van der Waals surface area contributed by atoms with Crippen LogP contribution in [0.1, 0.15) is 27.7 Å². The fourth-order valence-electron chi connectivity index (χ4n) is 3.67. The van der Waals surface area contributed by atoms with Crippen molar-refractivity contribution in [1.82, 2.24) is 24.3 Å². The molecule has 1 aliphatic rings. The standard InChI is InChI=1S/C20H15F3N6O2/c1-28(15-8-31-16-5-11(20(21,22)23)6-26-17(15)16)19(30)10-2-3-12-13(4-10)29-9-25-7-14(29)18(24)27-12/h2-7,9,15H,8H2,1H3,(H2,24,27)/t15-/m0/s1. The number of likely N-dealkylation sites (N-methyl/N-ethyl adjacent to an activating group) is 1. The van der Waals surface area contributed by atoms with Crippen LogP contribution in [0.4, 0.5) is 19.0 Å². The third kappa shape index (κ3) is 3.00. The molecule has 3 aromatic heterocycles. The number of carbonyl (C=O) groups excluding carboxylic acids is 1. The van der Waals surface area contributed by atoms with E-state index in [2.05, 4.69) is 15.0 Å². The van der Waals surface area contributed by atoms with E-state index in [0.29, 0.717) is 27.9 Å². The van der Waals surface area contributed by atoms with Gasteiger partial charge in [0.1, 0.15) is 35.4 Å². The minimum Gasteiger partial charge on any atom is -0.489 e. The van der Waals surface area contributed by atoms with Crippen LogP contribution in [0.5, 0.6) is 5.75 Å². The first-order chi connectivity index (χ1) is 14.7. The lowest BCUT2D eigenvalue weighted by atomic mass is 10.1. The van der Waals surface area contributed by atoms with E-state index in [1.54, 1.807) is 42.2 Å². The van der Waals surface area contributed by atoms with Gasteiger partial charge in [0.25, 0.3) is 5.91 Å². The molecule has 0 bridgehead atoms. The Bertz CT molecular complexity index is 1350. The Balaban J connectivity index is 1.49. The van der Waals surface area contributed by atoms with Gasteiger partial charge in [0.05, 0.1) is 29.1 Å². The molecule has 2 N–H and O–H groups in total. The summed E-state index contributed by atoms with van der Waals surface area (Å²) in [6.07, 6.45) is -0.611. The van der Waals surface area contributed by atoms with E-state index in [-0.39, 0.29) is 24.0 Å². The number of hydrogen-bond donors (Lipinski definition) is 1. The average molecular weight is 428 g/mol. The SMILES string of the molecule is CN(C(=O)c1ccc2nc(N)c3cncn3c2c1)[C@H]1COc2cc(C(F)(F)F)cnc21. The molecule has 0 spiro atoms. The third-order valence-corrected chi connectivity index (χ3v) is 5.33. The zero-order valence-corrected chi connectivity index (χ0v) is 16.1. The Morgan fingerprint density at radius 3 is 2.84 bits per heavy atom. The number of amides is 1. The molecule has 1 aliphatic heterocycles. The van der Waals surface area contributed by atoms with E-state index in [1.165, 1.54) is 4.90 Å². The molecular formula is C20H15F3N6O2. The number of alkyl halides is 3. The van der Waals surface area contributed by atoms with E-state index in [9.17, 15) is 18.0 Å². The summed E-state index contributed by atoms with van der Waals surface area (Å²) >= 11 is 0. The monoisotopic (exact) mass is 428 g/mol. The average Bonchev–Trinajstić information content (AvgIpc) is 3.39. The van der Waals surface area contributed by atoms with E-state index in [4.69, 9.17) is 10.5 Å². The summed E-state index contributed by atoms with van der Waals surface area (Å²) < 4.78 is 45.9. The Kier molecular flexibility index (Phi) is 4.04. The maximum atomic E-state index is 13.1. The number of pyridine rings is 1. The fourth-order valence-corrected chi connectivity index (χ4v) is 3.67. The zero-order chi connectivity index (χ0) is 21.9. The Hall–Kier alpha value is -3.89. The van der Waals surface area contributed by atoms with Crippen LogP contribution in [0.2, 0.25) is 0 Å². The lowest BCUT2D eigenvalue weighted by molar-refractivity contribution is -0.137. The van der Waals surface area contributed by atoms with Gasteiger partial charge >= 0.3 is 6.18 Å². The highest BCUT2D eigenvalue weighted by atomic mass is 19.4. The van der Waals surface area contributed by atoms with Crippen molar-refractivity contribution in [3.63, 3.8) is 0 Å². The summed E-state index contributed by atoms with van der Waals surface area (Å²) in [5, 5.41) is 0. The number of nitrogens with zero attached hydrogens (tertiary/aromatic N) is 5. The number of ether oxygens (including phenoxy) is 1. The van der Waals surface area contributed by atoms with Crippen LogP contribution in [-0.4, -0.2) is 43.8 Å². The van der Waals surface area contributed by atoms with Gasteiger partial charge in [0.2, 0.25) is 0 Å². The second-order valence-electron chi connectivity index (χ2n) is 7.20. The third-order valence-electron chi connectivity index (χ3n) is 5.33. The number of carbonyl (C=O) groups is 1. The number of rotatable bonds is 2. The maximum absolute atomic E-state index is 13.1. The van der Waals surface area contributed by atoms with E-state index in [1.807, 2.05) is 0 Å². The molecule has 0 aliphatic carbocycles. The van der Waals surface area contributed by atoms with Gasteiger partial charge in [0, 0.05) is 18.8 Å². The molecular weight excluding hydrogens is 413 g/mol. The van der Waals surface area contributed by atoms with Crippen LogP contribution in [0, 0.1) is 0 Å². The molecule has 1 amide bonds. The predicted molar refractivity (Wildman–Crippen MR) is 104 cm³/mol. The highest BCUT2D eigenvalue weighted by Crippen LogP contribution is 2.39. The van der Waals surface area contributed by atoms with Crippen molar-refractivity contribution in [3.05, 3.63) is 59.8 Å². The highest BCUT2D eigenvalue weighted by molar-refractivity contribution is 5.98. The van der Waals surface area contributed by atoms with Gasteiger partial charge in [0.15, 0.2) is 0 Å². The maximum Gasteiger partial charge on any atom is 0.418 e. The number of hydrogen-bond acceptors (Lipinski definition) is 6. The van der Waals surface area contributed by atoms with Crippen molar-refractivity contribution in [3.8, 4) is 5.75 Å². The largest absolute Gasteiger partial charge is 0.489 e.